The van der Waals surface area contributed by atoms with E-state index < -0.39 is 52.6 Å². The normalized spacial score (nSPS) is 12.6. The smallest absolute Gasteiger partial charge is 0.351 e. The molecule has 0 spiro atoms. The van der Waals surface area contributed by atoms with Crippen LogP contribution in [0.1, 0.15) is 16.8 Å². The number of amides is 2. The summed E-state index contributed by atoms with van der Waals surface area (Å²) in [4.78, 5) is 10.9. The van der Waals surface area contributed by atoms with Crippen molar-refractivity contribution in [2.24, 2.45) is 5.73 Å². The summed E-state index contributed by atoms with van der Waals surface area (Å²) in [5.74, 6) is 0. The maximum atomic E-state index is 13.3. The van der Waals surface area contributed by atoms with Crippen molar-refractivity contribution in [3.8, 4) is 16.9 Å². The Hall–Kier alpha value is -3.71. The van der Waals surface area contributed by atoms with E-state index >= 15 is 0 Å². The Balaban J connectivity index is 2.21. The van der Waals surface area contributed by atoms with Crippen LogP contribution in [-0.2, 0) is 18.5 Å². The van der Waals surface area contributed by atoms with Gasteiger partial charge in [0.1, 0.15) is 0 Å². The van der Waals surface area contributed by atoms with E-state index in [9.17, 15) is 44.3 Å². The molecule has 5 nitrogen and oxygen atoms in total. The summed E-state index contributed by atoms with van der Waals surface area (Å²) in [5, 5.41) is 5.56. The lowest BCUT2D eigenvalue weighted by molar-refractivity contribution is -0.162. The number of carbonyl (C=O) groups is 1. The Kier molecular flexibility index (Phi) is 5.81. The number of carbonyl (C=O) groups excluding carboxylic acids is 1. The number of halogens is 9. The van der Waals surface area contributed by atoms with Gasteiger partial charge in [0.25, 0.3) is 0 Å². The van der Waals surface area contributed by atoms with Gasteiger partial charge in [-0.3, -0.25) is 0 Å². The molecule has 0 atom stereocenters. The topological polar surface area (TPSA) is 72.9 Å². The predicted octanol–water partition coefficient (Wildman–Crippen LogP) is 6.09. The molecule has 0 radical (unpaired) electrons. The number of nitrogens with one attached hydrogen (secondary N) is 1. The van der Waals surface area contributed by atoms with Gasteiger partial charge in [-0.1, -0.05) is 6.07 Å². The lowest BCUT2D eigenvalue weighted by atomic mass is 10.0. The summed E-state index contributed by atoms with van der Waals surface area (Å²) in [7, 11) is 0. The van der Waals surface area contributed by atoms with Gasteiger partial charge in [-0.25, -0.2) is 9.48 Å². The van der Waals surface area contributed by atoms with Crippen LogP contribution in [0, 0.1) is 0 Å². The molecule has 33 heavy (non-hydrogen) atoms. The molecule has 14 heteroatoms. The molecule has 1 aromatic heterocycles. The van der Waals surface area contributed by atoms with Crippen LogP contribution >= 0.6 is 0 Å². The van der Waals surface area contributed by atoms with Crippen LogP contribution in [0.2, 0.25) is 0 Å². The molecule has 3 N–H and O–H groups in total. The minimum atomic E-state index is -5.43. The first-order valence-corrected chi connectivity index (χ1v) is 8.70. The number of alkyl halides is 9. The average Bonchev–Trinajstić information content (AvgIpc) is 3.12. The van der Waals surface area contributed by atoms with Crippen molar-refractivity contribution < 1.29 is 44.3 Å². The third-order valence-electron chi connectivity index (χ3n) is 4.31. The van der Waals surface area contributed by atoms with E-state index in [1.807, 2.05) is 0 Å². The number of hydrogen-bond donors (Lipinski definition) is 2. The molecule has 0 aliphatic heterocycles. The minimum absolute atomic E-state index is 0.0797. The second-order valence-corrected chi connectivity index (χ2v) is 6.62. The van der Waals surface area contributed by atoms with E-state index in [1.54, 1.807) is 0 Å². The number of aromatic nitrogens is 2. The fourth-order valence-electron chi connectivity index (χ4n) is 2.94. The number of nitrogens with zero attached hydrogens (tertiary/aromatic N) is 2. The van der Waals surface area contributed by atoms with Crippen molar-refractivity contribution >= 4 is 11.7 Å². The summed E-state index contributed by atoms with van der Waals surface area (Å²) in [6.45, 7) is 0. The van der Waals surface area contributed by atoms with E-state index in [-0.39, 0.29) is 23.5 Å². The first kappa shape index (κ1) is 23.9. The van der Waals surface area contributed by atoms with Crippen LogP contribution in [0.4, 0.5) is 50.0 Å². The first-order valence-electron chi connectivity index (χ1n) is 8.70. The number of urea groups is 1. The largest absolute Gasteiger partial charge is 0.435 e. The zero-order valence-electron chi connectivity index (χ0n) is 15.9. The van der Waals surface area contributed by atoms with Gasteiger partial charge in [0.2, 0.25) is 0 Å². The van der Waals surface area contributed by atoms with E-state index in [1.165, 1.54) is 24.3 Å². The SMILES string of the molecule is NC(=O)Nc1ccc(-n2nc(C(F)(F)F)cc2-c2ccc(C(F)(F)F)c(C(F)(F)F)c2)cc1. The van der Waals surface area contributed by atoms with Crippen LogP contribution in [0.5, 0.6) is 0 Å². The summed E-state index contributed by atoms with van der Waals surface area (Å²) in [6.07, 6.45) is -15.8. The van der Waals surface area contributed by atoms with Gasteiger partial charge in [-0.05, 0) is 42.5 Å². The van der Waals surface area contributed by atoms with Crippen LogP contribution in [0.25, 0.3) is 16.9 Å². The molecule has 0 unspecified atom stereocenters. The van der Waals surface area contributed by atoms with E-state index in [0.717, 1.165) is 0 Å². The Bertz CT molecular complexity index is 1180. The van der Waals surface area contributed by atoms with E-state index in [2.05, 4.69) is 10.4 Å². The third-order valence-corrected chi connectivity index (χ3v) is 4.31. The van der Waals surface area contributed by atoms with Gasteiger partial charge >= 0.3 is 24.6 Å². The van der Waals surface area contributed by atoms with Gasteiger partial charge in [-0.2, -0.15) is 44.6 Å². The third kappa shape index (κ3) is 5.21. The second kappa shape index (κ2) is 8.01. The van der Waals surface area contributed by atoms with Gasteiger partial charge in [0.15, 0.2) is 5.69 Å². The fourth-order valence-corrected chi connectivity index (χ4v) is 2.94. The highest BCUT2D eigenvalue weighted by Gasteiger charge is 2.43. The molecular formula is C19H11F9N4O. The predicted molar refractivity (Wildman–Crippen MR) is 97.2 cm³/mol. The Morgan fingerprint density at radius 3 is 1.85 bits per heavy atom. The Morgan fingerprint density at radius 2 is 1.36 bits per heavy atom. The molecule has 1 heterocycles. The van der Waals surface area contributed by atoms with Gasteiger partial charge in [0.05, 0.1) is 22.5 Å². The van der Waals surface area contributed by atoms with E-state index in [4.69, 9.17) is 5.73 Å². The average molecular weight is 482 g/mol. The molecule has 3 aromatic rings. The maximum Gasteiger partial charge on any atom is 0.435 e. The van der Waals surface area contributed by atoms with Crippen LogP contribution in [0.3, 0.4) is 0 Å². The van der Waals surface area contributed by atoms with Crippen LogP contribution in [-0.4, -0.2) is 15.8 Å². The van der Waals surface area contributed by atoms with Gasteiger partial charge < -0.3 is 11.1 Å². The highest BCUT2D eigenvalue weighted by molar-refractivity contribution is 5.87. The highest BCUT2D eigenvalue weighted by atomic mass is 19.4. The maximum absolute atomic E-state index is 13.3. The number of rotatable bonds is 3. The summed E-state index contributed by atoms with van der Waals surface area (Å²) in [5.41, 5.74) is -1.62. The van der Waals surface area contributed by atoms with Crippen molar-refractivity contribution in [1.29, 1.82) is 0 Å². The number of primary amides is 1. The molecular weight excluding hydrogens is 471 g/mol. The van der Waals surface area contributed by atoms with Crippen LogP contribution < -0.4 is 11.1 Å². The zero-order chi connectivity index (χ0) is 24.8. The lowest BCUT2D eigenvalue weighted by Gasteiger charge is -2.17. The summed E-state index contributed by atoms with van der Waals surface area (Å²) >= 11 is 0. The van der Waals surface area contributed by atoms with Crippen molar-refractivity contribution in [3.63, 3.8) is 0 Å². The van der Waals surface area contributed by atoms with Crippen LogP contribution in [0.15, 0.2) is 48.5 Å². The zero-order valence-corrected chi connectivity index (χ0v) is 15.9. The number of anilines is 1. The van der Waals surface area contributed by atoms with Crippen molar-refractivity contribution in [2.45, 2.75) is 18.5 Å². The number of benzene rings is 2. The Labute approximate surface area is 178 Å². The summed E-state index contributed by atoms with van der Waals surface area (Å²) < 4.78 is 119. The quantitative estimate of drug-likeness (QED) is 0.444. The molecule has 176 valence electrons. The molecule has 2 amide bonds. The van der Waals surface area contributed by atoms with Crippen molar-refractivity contribution in [3.05, 3.63) is 65.4 Å². The number of hydrogen-bond acceptors (Lipinski definition) is 2. The lowest BCUT2D eigenvalue weighted by Crippen LogP contribution is -2.19. The van der Waals surface area contributed by atoms with Gasteiger partial charge in [-0.15, -0.1) is 0 Å². The molecule has 0 aliphatic rings. The van der Waals surface area contributed by atoms with Gasteiger partial charge in [0, 0.05) is 11.3 Å². The van der Waals surface area contributed by atoms with Crippen molar-refractivity contribution in [1.82, 2.24) is 9.78 Å². The molecule has 3 rings (SSSR count). The molecule has 0 aliphatic carbocycles. The molecule has 0 bridgehead atoms. The summed E-state index contributed by atoms with van der Waals surface area (Å²) in [6, 6.07) is 5.17. The monoisotopic (exact) mass is 482 g/mol. The minimum Gasteiger partial charge on any atom is -0.351 e. The molecule has 2 aromatic carbocycles. The second-order valence-electron chi connectivity index (χ2n) is 6.62. The molecule has 0 fully saturated rings. The first-order chi connectivity index (χ1) is 15.1. The highest BCUT2D eigenvalue weighted by Crippen LogP contribution is 2.42. The molecule has 0 saturated carbocycles. The van der Waals surface area contributed by atoms with Crippen molar-refractivity contribution in [2.75, 3.05) is 5.32 Å². The standard InChI is InChI=1S/C19H11F9N4O/c20-17(21,22)12-6-1-9(7-13(12)18(23,24)25)14-8-15(19(26,27)28)31-32(14)11-4-2-10(3-5-11)30-16(29)33/h1-8H,(H3,29,30,33). The number of nitrogens with two attached hydrogens (primary N) is 1. The fraction of sp³-hybridized carbons (Fsp3) is 0.158. The molecule has 0 saturated heterocycles. The van der Waals surface area contributed by atoms with E-state index in [0.29, 0.717) is 16.8 Å². The Morgan fingerprint density at radius 1 is 0.788 bits per heavy atom.